The molecule has 1 N–H and O–H groups in total. The highest BCUT2D eigenvalue weighted by Gasteiger charge is 2.10. The molecule has 0 aliphatic carbocycles. The first-order valence-corrected chi connectivity index (χ1v) is 7.19. The minimum absolute atomic E-state index is 0.450. The van der Waals surface area contributed by atoms with Gasteiger partial charge in [0.05, 0.1) is 5.52 Å². The van der Waals surface area contributed by atoms with Gasteiger partial charge in [-0.15, -0.1) is 0 Å². The number of anilines is 1. The summed E-state index contributed by atoms with van der Waals surface area (Å²) in [5, 5.41) is 4.54. The van der Waals surface area contributed by atoms with Crippen molar-refractivity contribution in [3.63, 3.8) is 0 Å². The fraction of sp³-hybridized carbons (Fsp3) is 0.471. The molecule has 1 unspecified atom stereocenters. The van der Waals surface area contributed by atoms with E-state index in [1.54, 1.807) is 0 Å². The molecule has 0 aliphatic heterocycles. The van der Waals surface area contributed by atoms with Gasteiger partial charge in [-0.25, -0.2) is 0 Å². The average Bonchev–Trinajstić information content (AvgIpc) is 2.44. The summed E-state index contributed by atoms with van der Waals surface area (Å²) in [6.45, 7) is 8.87. The molecule has 1 heterocycles. The molecule has 0 bridgehead atoms. The average molecular weight is 256 g/mol. The van der Waals surface area contributed by atoms with Crippen LogP contribution in [-0.4, -0.2) is 12.0 Å². The molecule has 2 heteroatoms. The van der Waals surface area contributed by atoms with E-state index in [-0.39, 0.29) is 0 Å². The molecule has 2 aromatic rings. The molecule has 2 nitrogen and oxygen atoms in total. The Balaban J connectivity index is 2.62. The molecular formula is C17H24N2. The fourth-order valence-corrected chi connectivity index (χ4v) is 2.31. The highest BCUT2D eigenvalue weighted by molar-refractivity contribution is 5.92. The van der Waals surface area contributed by atoms with Crippen molar-refractivity contribution in [3.8, 4) is 0 Å². The number of hydrogen-bond acceptors (Lipinski definition) is 2. The number of pyridine rings is 1. The van der Waals surface area contributed by atoms with Gasteiger partial charge in [-0.3, -0.25) is 4.98 Å². The predicted molar refractivity (Wildman–Crippen MR) is 84.1 cm³/mol. The summed E-state index contributed by atoms with van der Waals surface area (Å²) in [7, 11) is 1.98. The Hall–Kier alpha value is -1.57. The Bertz CT molecular complexity index is 573. The second kappa shape index (κ2) is 5.60. The van der Waals surface area contributed by atoms with Gasteiger partial charge >= 0.3 is 0 Å². The third-order valence-electron chi connectivity index (χ3n) is 3.89. The van der Waals surface area contributed by atoms with Gasteiger partial charge in [-0.05, 0) is 42.0 Å². The van der Waals surface area contributed by atoms with Crippen molar-refractivity contribution in [2.75, 3.05) is 12.4 Å². The first kappa shape index (κ1) is 13.9. The molecule has 2 rings (SSSR count). The summed E-state index contributed by atoms with van der Waals surface area (Å²) in [6, 6.07) is 8.83. The van der Waals surface area contributed by atoms with Crippen molar-refractivity contribution in [1.29, 1.82) is 0 Å². The zero-order chi connectivity index (χ0) is 14.0. The molecule has 0 saturated carbocycles. The summed E-state index contributed by atoms with van der Waals surface area (Å²) < 4.78 is 0. The molecule has 1 aromatic heterocycles. The molecule has 19 heavy (non-hydrogen) atoms. The van der Waals surface area contributed by atoms with Crippen molar-refractivity contribution >= 4 is 16.6 Å². The van der Waals surface area contributed by atoms with Crippen molar-refractivity contribution < 1.29 is 0 Å². The highest BCUT2D eigenvalue weighted by Crippen LogP contribution is 2.29. The van der Waals surface area contributed by atoms with E-state index in [1.807, 2.05) is 7.05 Å². The third-order valence-corrected chi connectivity index (χ3v) is 3.89. The zero-order valence-corrected chi connectivity index (χ0v) is 12.6. The molecule has 0 fully saturated rings. The fourth-order valence-electron chi connectivity index (χ4n) is 2.31. The zero-order valence-electron chi connectivity index (χ0n) is 12.6. The maximum atomic E-state index is 4.77. The van der Waals surface area contributed by atoms with Crippen LogP contribution in [0.5, 0.6) is 0 Å². The Morgan fingerprint density at radius 1 is 1.16 bits per heavy atom. The lowest BCUT2D eigenvalue weighted by Gasteiger charge is -2.14. The van der Waals surface area contributed by atoms with E-state index < -0.39 is 0 Å². The number of benzene rings is 1. The monoisotopic (exact) mass is 256 g/mol. The van der Waals surface area contributed by atoms with Crippen LogP contribution in [0.15, 0.2) is 24.3 Å². The quantitative estimate of drug-likeness (QED) is 0.840. The lowest BCUT2D eigenvalue weighted by Crippen LogP contribution is -1.99. The normalized spacial score (nSPS) is 12.9. The van der Waals surface area contributed by atoms with Crippen LogP contribution in [0.2, 0.25) is 0 Å². The Morgan fingerprint density at radius 3 is 2.47 bits per heavy atom. The smallest absolute Gasteiger partial charge is 0.0726 e. The summed E-state index contributed by atoms with van der Waals surface area (Å²) in [5.41, 5.74) is 4.81. The van der Waals surface area contributed by atoms with Gasteiger partial charge in [0.2, 0.25) is 0 Å². The number of nitrogens with one attached hydrogen (secondary N) is 1. The van der Waals surface area contributed by atoms with Gasteiger partial charge in [0.25, 0.3) is 0 Å². The van der Waals surface area contributed by atoms with E-state index in [0.29, 0.717) is 11.8 Å². The number of nitrogens with zero attached hydrogens (tertiary/aromatic N) is 1. The van der Waals surface area contributed by atoms with Gasteiger partial charge < -0.3 is 5.32 Å². The van der Waals surface area contributed by atoms with Gasteiger partial charge in [0, 0.05) is 23.8 Å². The van der Waals surface area contributed by atoms with Gasteiger partial charge in [0.15, 0.2) is 0 Å². The maximum absolute atomic E-state index is 4.77. The lowest BCUT2D eigenvalue weighted by atomic mass is 9.96. The first-order valence-electron chi connectivity index (χ1n) is 7.19. The minimum atomic E-state index is 0.450. The van der Waals surface area contributed by atoms with Crippen LogP contribution in [0.1, 0.15) is 57.2 Å². The lowest BCUT2D eigenvalue weighted by molar-refractivity contribution is 0.734. The van der Waals surface area contributed by atoms with Crippen molar-refractivity contribution in [2.24, 2.45) is 0 Å². The van der Waals surface area contributed by atoms with Crippen LogP contribution < -0.4 is 5.32 Å². The number of fused-ring (bicyclic) bond motifs is 1. The number of hydrogen-bond donors (Lipinski definition) is 1. The van der Waals surface area contributed by atoms with Crippen molar-refractivity contribution in [1.82, 2.24) is 4.98 Å². The van der Waals surface area contributed by atoms with Crippen LogP contribution in [0, 0.1) is 0 Å². The van der Waals surface area contributed by atoms with Crippen molar-refractivity contribution in [2.45, 2.75) is 46.0 Å². The van der Waals surface area contributed by atoms with Crippen LogP contribution >= 0.6 is 0 Å². The van der Waals surface area contributed by atoms with E-state index in [4.69, 9.17) is 4.98 Å². The summed E-state index contributed by atoms with van der Waals surface area (Å²) in [5.74, 6) is 1.05. The predicted octanol–water partition coefficient (Wildman–Crippen LogP) is 4.91. The molecule has 0 amide bonds. The van der Waals surface area contributed by atoms with E-state index in [2.05, 4.69) is 57.3 Å². The van der Waals surface area contributed by atoms with Crippen LogP contribution in [0.3, 0.4) is 0 Å². The summed E-state index contributed by atoms with van der Waals surface area (Å²) in [6.07, 6.45) is 1.16. The highest BCUT2D eigenvalue weighted by atomic mass is 14.8. The Labute approximate surface area is 116 Å². The van der Waals surface area contributed by atoms with E-state index >= 15 is 0 Å². The second-order valence-corrected chi connectivity index (χ2v) is 5.59. The number of rotatable bonds is 4. The minimum Gasteiger partial charge on any atom is -0.388 e. The Morgan fingerprint density at radius 2 is 1.89 bits per heavy atom. The Kier molecular flexibility index (Phi) is 4.08. The molecule has 1 atom stereocenters. The van der Waals surface area contributed by atoms with E-state index in [9.17, 15) is 0 Å². The van der Waals surface area contributed by atoms with E-state index in [1.165, 1.54) is 16.6 Å². The topological polar surface area (TPSA) is 24.9 Å². The van der Waals surface area contributed by atoms with Crippen LogP contribution in [-0.2, 0) is 0 Å². The van der Waals surface area contributed by atoms with Gasteiger partial charge in [0.1, 0.15) is 0 Å². The van der Waals surface area contributed by atoms with E-state index in [0.717, 1.165) is 17.6 Å². The number of aromatic nitrogens is 1. The molecule has 102 valence electrons. The summed E-state index contributed by atoms with van der Waals surface area (Å²) in [4.78, 5) is 4.77. The standard InChI is InChI=1S/C17H24N2/c1-6-12(4)13-7-8-15-14(9-13)17(18-5)10-16(19-15)11(2)3/h7-12H,6H2,1-5H3,(H,18,19). The van der Waals surface area contributed by atoms with Gasteiger partial charge in [-0.1, -0.05) is 33.8 Å². The van der Waals surface area contributed by atoms with Crippen LogP contribution in [0.25, 0.3) is 10.9 Å². The van der Waals surface area contributed by atoms with Gasteiger partial charge in [-0.2, -0.15) is 0 Å². The second-order valence-electron chi connectivity index (χ2n) is 5.59. The maximum Gasteiger partial charge on any atom is 0.0726 e. The molecule has 0 spiro atoms. The molecule has 0 aliphatic rings. The summed E-state index contributed by atoms with van der Waals surface area (Å²) >= 11 is 0. The first-order chi connectivity index (χ1) is 9.06. The van der Waals surface area contributed by atoms with Crippen molar-refractivity contribution in [3.05, 3.63) is 35.5 Å². The van der Waals surface area contributed by atoms with Crippen LogP contribution in [0.4, 0.5) is 5.69 Å². The third kappa shape index (κ3) is 2.73. The molecule has 0 saturated heterocycles. The molecule has 1 aromatic carbocycles. The molecule has 0 radical (unpaired) electrons. The largest absolute Gasteiger partial charge is 0.388 e. The molecular weight excluding hydrogens is 232 g/mol. The SMILES string of the molecule is CCC(C)c1ccc2nc(C(C)C)cc(NC)c2c1.